The van der Waals surface area contributed by atoms with Crippen LogP contribution in [0.4, 0.5) is 13.2 Å². The summed E-state index contributed by atoms with van der Waals surface area (Å²) in [6, 6.07) is 14.4. The Bertz CT molecular complexity index is 1500. The summed E-state index contributed by atoms with van der Waals surface area (Å²) in [5.41, 5.74) is 2.95. The van der Waals surface area contributed by atoms with Crippen LogP contribution < -0.4 is 5.32 Å². The number of nitrogens with zero attached hydrogens (tertiary/aromatic N) is 3. The second-order valence-electron chi connectivity index (χ2n) is 10.8. The van der Waals surface area contributed by atoms with Gasteiger partial charge < -0.3 is 10.1 Å². The minimum atomic E-state index is -0.646. The zero-order chi connectivity index (χ0) is 27.7. The summed E-state index contributed by atoms with van der Waals surface area (Å²) < 4.78 is 50.3. The molecular weight excluding hydrogens is 505 g/mol. The van der Waals surface area contributed by atoms with E-state index in [4.69, 9.17) is 4.74 Å². The van der Waals surface area contributed by atoms with Gasteiger partial charge in [0.05, 0.1) is 5.41 Å². The van der Waals surface area contributed by atoms with Gasteiger partial charge in [0.2, 0.25) is 0 Å². The van der Waals surface area contributed by atoms with Crippen LogP contribution in [-0.2, 0) is 35.6 Å². The smallest absolute Gasteiger partial charge is 0.313 e. The molecule has 9 heteroatoms. The van der Waals surface area contributed by atoms with Crippen molar-refractivity contribution in [2.45, 2.75) is 52.9 Å². The van der Waals surface area contributed by atoms with Crippen molar-refractivity contribution in [3.05, 3.63) is 95.1 Å². The average molecular weight is 535 g/mol. The Labute approximate surface area is 224 Å². The van der Waals surface area contributed by atoms with Crippen LogP contribution in [0.5, 0.6) is 0 Å². The first-order chi connectivity index (χ1) is 18.6. The third-order valence-corrected chi connectivity index (χ3v) is 6.74. The van der Waals surface area contributed by atoms with E-state index in [1.807, 2.05) is 0 Å². The first-order valence-electron chi connectivity index (χ1n) is 12.7. The predicted molar refractivity (Wildman–Crippen MR) is 141 cm³/mol. The Hall–Kier alpha value is -3.98. The predicted octanol–water partition coefficient (Wildman–Crippen LogP) is 5.83. The van der Waals surface area contributed by atoms with Crippen LogP contribution in [0.15, 0.2) is 60.9 Å². The molecule has 4 aromatic rings. The molecule has 5 rings (SSSR count). The molecule has 0 unspecified atom stereocenters. The number of ether oxygens (including phenoxy) is 1. The molecule has 1 heterocycles. The maximum atomic E-state index is 15.0. The van der Waals surface area contributed by atoms with Gasteiger partial charge in [-0.05, 0) is 86.2 Å². The monoisotopic (exact) mass is 534 g/mol. The van der Waals surface area contributed by atoms with Gasteiger partial charge in [-0.15, -0.1) is 5.10 Å². The van der Waals surface area contributed by atoms with Gasteiger partial charge in [0.15, 0.2) is 12.6 Å². The first-order valence-corrected chi connectivity index (χ1v) is 12.7. The number of aromatic nitrogens is 3. The van der Waals surface area contributed by atoms with Crippen molar-refractivity contribution in [2.24, 2.45) is 5.41 Å². The van der Waals surface area contributed by atoms with Crippen LogP contribution in [0.3, 0.4) is 0 Å². The Morgan fingerprint density at radius 3 is 2.44 bits per heavy atom. The summed E-state index contributed by atoms with van der Waals surface area (Å²) in [5, 5.41) is 7.56. The summed E-state index contributed by atoms with van der Waals surface area (Å²) in [5.74, 6) is -1.53. The minimum Gasteiger partial charge on any atom is -0.442 e. The minimum absolute atomic E-state index is 0.0127. The molecule has 202 valence electrons. The molecule has 0 aliphatic heterocycles. The van der Waals surface area contributed by atoms with Gasteiger partial charge in [0, 0.05) is 23.7 Å². The van der Waals surface area contributed by atoms with Crippen molar-refractivity contribution in [1.29, 1.82) is 0 Å². The SMILES string of the molecule is CC(C)(C)C(=O)OCn1cnc(-c2cccc(-c3cc(F)c(CN[C@@H]4Cc5ccc(F)cc5C4)c(F)c3)c2)n1. The van der Waals surface area contributed by atoms with Gasteiger partial charge in [-0.25, -0.2) is 22.8 Å². The first kappa shape index (κ1) is 26.6. The van der Waals surface area contributed by atoms with E-state index in [-0.39, 0.29) is 36.7 Å². The number of carbonyl (C=O) groups is 1. The highest BCUT2D eigenvalue weighted by Gasteiger charge is 2.24. The van der Waals surface area contributed by atoms with Gasteiger partial charge in [-0.3, -0.25) is 4.79 Å². The fourth-order valence-electron chi connectivity index (χ4n) is 4.58. The fraction of sp³-hybridized carbons (Fsp3) is 0.300. The van der Waals surface area contributed by atoms with Crippen molar-refractivity contribution in [1.82, 2.24) is 20.1 Å². The zero-order valence-corrected chi connectivity index (χ0v) is 22.0. The van der Waals surface area contributed by atoms with E-state index < -0.39 is 17.0 Å². The summed E-state index contributed by atoms with van der Waals surface area (Å²) in [6.45, 7) is 5.25. The molecule has 0 amide bonds. The number of hydrogen-bond donors (Lipinski definition) is 1. The van der Waals surface area contributed by atoms with Crippen molar-refractivity contribution in [3.8, 4) is 22.5 Å². The Morgan fingerprint density at radius 1 is 0.974 bits per heavy atom. The lowest BCUT2D eigenvalue weighted by Crippen LogP contribution is -2.29. The molecule has 0 radical (unpaired) electrons. The molecule has 39 heavy (non-hydrogen) atoms. The molecule has 0 saturated heterocycles. The zero-order valence-electron chi connectivity index (χ0n) is 22.0. The molecule has 6 nitrogen and oxygen atoms in total. The number of rotatable bonds is 7. The summed E-state index contributed by atoms with van der Waals surface area (Å²) in [4.78, 5) is 16.3. The molecule has 0 bridgehead atoms. The highest BCUT2D eigenvalue weighted by Crippen LogP contribution is 2.29. The number of nitrogens with one attached hydrogen (secondary N) is 1. The van der Waals surface area contributed by atoms with E-state index >= 15 is 8.78 Å². The standard InChI is InChI=1S/C30H29F3N4O2/c1-30(2,3)29(38)39-17-37-16-35-28(36-37)20-6-4-5-18(9-20)22-13-26(32)25(27(33)14-22)15-34-24-11-19-7-8-23(31)10-21(19)12-24/h4-10,13-14,16,24,34H,11-12,15,17H2,1-3H3/t24-/m1/s1. The van der Waals surface area contributed by atoms with E-state index in [1.54, 1.807) is 51.1 Å². The number of fused-ring (bicyclic) bond motifs is 1. The molecule has 1 aliphatic carbocycles. The molecule has 0 spiro atoms. The maximum Gasteiger partial charge on any atom is 0.313 e. The van der Waals surface area contributed by atoms with Crippen molar-refractivity contribution >= 4 is 5.97 Å². The summed E-state index contributed by atoms with van der Waals surface area (Å²) >= 11 is 0. The normalized spacial score (nSPS) is 14.9. The van der Waals surface area contributed by atoms with Crippen LogP contribution in [0, 0.1) is 22.9 Å². The lowest BCUT2D eigenvalue weighted by molar-refractivity contribution is -0.157. The molecule has 0 fully saturated rings. The van der Waals surface area contributed by atoms with Crippen LogP contribution in [-0.4, -0.2) is 26.8 Å². The summed E-state index contributed by atoms with van der Waals surface area (Å²) in [7, 11) is 0. The van der Waals surface area contributed by atoms with Gasteiger partial charge in [0.25, 0.3) is 0 Å². The number of hydrogen-bond acceptors (Lipinski definition) is 5. The van der Waals surface area contributed by atoms with Gasteiger partial charge in [-0.2, -0.15) is 0 Å². The number of halogens is 3. The molecule has 3 aromatic carbocycles. The molecular formula is C30H29F3N4O2. The number of esters is 1. The Kier molecular flexibility index (Phi) is 7.27. The second-order valence-corrected chi connectivity index (χ2v) is 10.8. The number of carbonyl (C=O) groups excluding carboxylic acids is 1. The maximum absolute atomic E-state index is 15.0. The van der Waals surface area contributed by atoms with Crippen LogP contribution >= 0.6 is 0 Å². The van der Waals surface area contributed by atoms with Gasteiger partial charge in [0.1, 0.15) is 23.8 Å². The van der Waals surface area contributed by atoms with E-state index in [0.29, 0.717) is 35.4 Å². The van der Waals surface area contributed by atoms with Gasteiger partial charge >= 0.3 is 5.97 Å². The van der Waals surface area contributed by atoms with E-state index in [9.17, 15) is 9.18 Å². The largest absolute Gasteiger partial charge is 0.442 e. The molecule has 1 aromatic heterocycles. The average Bonchev–Trinajstić information content (AvgIpc) is 3.53. The molecule has 1 atom stereocenters. The topological polar surface area (TPSA) is 69.0 Å². The molecule has 1 N–H and O–H groups in total. The third-order valence-electron chi connectivity index (χ3n) is 6.74. The van der Waals surface area contributed by atoms with Gasteiger partial charge in [-0.1, -0.05) is 24.3 Å². The quantitative estimate of drug-likeness (QED) is 0.302. The van der Waals surface area contributed by atoms with E-state index in [0.717, 1.165) is 11.1 Å². The van der Waals surface area contributed by atoms with Crippen molar-refractivity contribution in [2.75, 3.05) is 0 Å². The van der Waals surface area contributed by atoms with Crippen LogP contribution in [0.2, 0.25) is 0 Å². The lowest BCUT2D eigenvalue weighted by Gasteiger charge is -2.16. The van der Waals surface area contributed by atoms with E-state index in [1.165, 1.54) is 35.3 Å². The van der Waals surface area contributed by atoms with E-state index in [2.05, 4.69) is 15.4 Å². The lowest BCUT2D eigenvalue weighted by atomic mass is 9.98. The van der Waals surface area contributed by atoms with Crippen molar-refractivity contribution < 1.29 is 22.7 Å². The molecule has 1 aliphatic rings. The Morgan fingerprint density at radius 2 is 1.69 bits per heavy atom. The Balaban J connectivity index is 1.26. The van der Waals surface area contributed by atoms with Crippen LogP contribution in [0.1, 0.15) is 37.5 Å². The molecule has 0 saturated carbocycles. The highest BCUT2D eigenvalue weighted by molar-refractivity contribution is 5.75. The van der Waals surface area contributed by atoms with Crippen molar-refractivity contribution in [3.63, 3.8) is 0 Å². The second kappa shape index (κ2) is 10.6. The van der Waals surface area contributed by atoms with Crippen LogP contribution in [0.25, 0.3) is 22.5 Å². The fourth-order valence-corrected chi connectivity index (χ4v) is 4.58. The number of benzene rings is 3. The summed E-state index contributed by atoms with van der Waals surface area (Å²) in [6.07, 6.45) is 2.76. The third kappa shape index (κ3) is 6.04. The highest BCUT2D eigenvalue weighted by atomic mass is 19.1.